The van der Waals surface area contributed by atoms with E-state index in [-0.39, 0.29) is 6.10 Å². The Bertz CT molecular complexity index is 1190. The third-order valence-corrected chi connectivity index (χ3v) is 5.88. The van der Waals surface area contributed by atoms with Crippen LogP contribution < -0.4 is 19.5 Å². The van der Waals surface area contributed by atoms with Gasteiger partial charge in [0.1, 0.15) is 29.1 Å². The minimum atomic E-state index is -3.95. The molecule has 0 aliphatic carbocycles. The van der Waals surface area contributed by atoms with E-state index in [1.54, 1.807) is 60.4 Å². The number of methoxy groups -OCH3 is 1. The van der Waals surface area contributed by atoms with Gasteiger partial charge in [-0.2, -0.15) is 0 Å². The number of benzene rings is 2. The quantitative estimate of drug-likeness (QED) is 0.469. The summed E-state index contributed by atoms with van der Waals surface area (Å²) >= 11 is 0. The third kappa shape index (κ3) is 6.48. The highest BCUT2D eigenvalue weighted by Gasteiger charge is 2.26. The van der Waals surface area contributed by atoms with Crippen LogP contribution in [0.1, 0.15) is 31.3 Å². The molecule has 0 fully saturated rings. The van der Waals surface area contributed by atoms with Crippen LogP contribution in [0.15, 0.2) is 60.9 Å². The summed E-state index contributed by atoms with van der Waals surface area (Å²) in [5.41, 5.74) is 0.998. The molecule has 1 aromatic heterocycles. The van der Waals surface area contributed by atoms with E-state index in [9.17, 15) is 13.2 Å². The number of carbonyl (C=O) groups is 1. The molecule has 0 aliphatic rings. The molecule has 176 valence electrons. The zero-order valence-electron chi connectivity index (χ0n) is 19.0. The maximum atomic E-state index is 12.8. The van der Waals surface area contributed by atoms with Gasteiger partial charge in [0.2, 0.25) is 15.9 Å². The van der Waals surface area contributed by atoms with Crippen molar-refractivity contribution in [2.45, 2.75) is 26.0 Å². The summed E-state index contributed by atoms with van der Waals surface area (Å²) < 4.78 is 40.4. The molecule has 0 aliphatic heterocycles. The van der Waals surface area contributed by atoms with Gasteiger partial charge < -0.3 is 19.4 Å². The van der Waals surface area contributed by atoms with Crippen molar-refractivity contribution in [1.82, 2.24) is 14.9 Å². The van der Waals surface area contributed by atoms with Gasteiger partial charge in [-0.1, -0.05) is 18.2 Å². The first-order chi connectivity index (χ1) is 15.7. The first-order valence-corrected chi connectivity index (χ1v) is 12.0. The van der Waals surface area contributed by atoms with Crippen molar-refractivity contribution in [2.24, 2.45) is 7.05 Å². The molecule has 33 heavy (non-hydrogen) atoms. The van der Waals surface area contributed by atoms with Gasteiger partial charge in [-0.3, -0.25) is 9.52 Å². The number of ether oxygens (including phenoxy) is 2. The molecule has 2 N–H and O–H groups in total. The number of para-hydroxylation sites is 1. The lowest BCUT2D eigenvalue weighted by Crippen LogP contribution is -2.37. The number of aromatic nitrogens is 2. The number of nitrogens with one attached hydrogen (secondary N) is 2. The Hall–Kier alpha value is -3.53. The van der Waals surface area contributed by atoms with Crippen LogP contribution in [0.3, 0.4) is 0 Å². The Kier molecular flexibility index (Phi) is 7.59. The predicted molar refractivity (Wildman–Crippen MR) is 126 cm³/mol. The zero-order chi connectivity index (χ0) is 24.0. The molecule has 10 heteroatoms. The van der Waals surface area contributed by atoms with Gasteiger partial charge in [0.15, 0.2) is 0 Å². The number of carbonyl (C=O) groups excluding carboxylic acids is 1. The van der Waals surface area contributed by atoms with Crippen LogP contribution >= 0.6 is 0 Å². The van der Waals surface area contributed by atoms with Crippen molar-refractivity contribution in [3.8, 4) is 11.5 Å². The molecule has 0 radical (unpaired) electrons. The van der Waals surface area contributed by atoms with Crippen LogP contribution in [0, 0.1) is 0 Å². The summed E-state index contributed by atoms with van der Waals surface area (Å²) in [6.07, 6.45) is 3.36. The summed E-state index contributed by atoms with van der Waals surface area (Å²) in [7, 11) is -0.630. The lowest BCUT2D eigenvalue weighted by Gasteiger charge is -2.21. The molecule has 0 spiro atoms. The highest BCUT2D eigenvalue weighted by Crippen LogP contribution is 2.29. The fourth-order valence-corrected chi connectivity index (χ4v) is 4.30. The number of aryl methyl sites for hydroxylation is 1. The van der Waals surface area contributed by atoms with Gasteiger partial charge in [-0.25, -0.2) is 13.4 Å². The number of nitrogens with zero attached hydrogens (tertiary/aromatic N) is 2. The molecular formula is C23H28N4O5S. The van der Waals surface area contributed by atoms with Gasteiger partial charge in [-0.15, -0.1) is 0 Å². The molecule has 1 unspecified atom stereocenters. The molecule has 0 saturated carbocycles. The van der Waals surface area contributed by atoms with E-state index in [1.807, 2.05) is 26.0 Å². The van der Waals surface area contributed by atoms with Crippen molar-refractivity contribution in [3.05, 3.63) is 72.3 Å². The van der Waals surface area contributed by atoms with E-state index in [0.29, 0.717) is 28.6 Å². The Balaban J connectivity index is 1.75. The number of hydrogen-bond acceptors (Lipinski definition) is 6. The second kappa shape index (κ2) is 10.4. The van der Waals surface area contributed by atoms with Gasteiger partial charge in [0.05, 0.1) is 13.2 Å². The van der Waals surface area contributed by atoms with Gasteiger partial charge in [-0.05, 0) is 44.2 Å². The van der Waals surface area contributed by atoms with Crippen molar-refractivity contribution in [2.75, 3.05) is 17.6 Å². The topological polar surface area (TPSA) is 112 Å². The van der Waals surface area contributed by atoms with E-state index in [1.165, 1.54) is 7.11 Å². The Morgan fingerprint density at radius 2 is 1.82 bits per heavy atom. The first kappa shape index (κ1) is 24.1. The fourth-order valence-electron chi connectivity index (χ4n) is 3.31. The molecule has 1 atom stereocenters. The number of rotatable bonds is 10. The average Bonchev–Trinajstić information content (AvgIpc) is 3.18. The maximum absolute atomic E-state index is 12.8. The highest BCUT2D eigenvalue weighted by molar-refractivity contribution is 7.93. The summed E-state index contributed by atoms with van der Waals surface area (Å²) in [5.74, 6) is 0.281. The molecule has 1 heterocycles. The molecule has 1 amide bonds. The fraction of sp³-hybridized carbons (Fsp3) is 0.304. The summed E-state index contributed by atoms with van der Waals surface area (Å²) in [6, 6.07) is 13.0. The highest BCUT2D eigenvalue weighted by atomic mass is 32.2. The number of hydrogen-bond donors (Lipinski definition) is 2. The second-order valence-corrected chi connectivity index (χ2v) is 9.41. The lowest BCUT2D eigenvalue weighted by molar-refractivity contribution is -0.119. The minimum Gasteiger partial charge on any atom is -0.496 e. The van der Waals surface area contributed by atoms with Crippen molar-refractivity contribution < 1.29 is 22.7 Å². The Labute approximate surface area is 193 Å². The number of sulfonamides is 1. The smallest absolute Gasteiger partial charge is 0.241 e. The van der Waals surface area contributed by atoms with Crippen LogP contribution in [0.2, 0.25) is 0 Å². The number of anilines is 1. The second-order valence-electron chi connectivity index (χ2n) is 7.69. The van der Waals surface area contributed by atoms with Crippen molar-refractivity contribution >= 4 is 21.6 Å². The summed E-state index contributed by atoms with van der Waals surface area (Å²) in [6.45, 7) is 3.80. The van der Waals surface area contributed by atoms with Crippen molar-refractivity contribution in [3.63, 3.8) is 0 Å². The molecule has 3 aromatic rings. The number of imidazole rings is 1. The molecule has 3 rings (SSSR count). The predicted octanol–water partition coefficient (Wildman–Crippen LogP) is 2.86. The lowest BCUT2D eigenvalue weighted by atomic mass is 10.0. The summed E-state index contributed by atoms with van der Waals surface area (Å²) in [5, 5.41) is 2.78. The largest absolute Gasteiger partial charge is 0.496 e. The first-order valence-electron chi connectivity index (χ1n) is 10.3. The van der Waals surface area contributed by atoms with Crippen LogP contribution in [0.25, 0.3) is 0 Å². The van der Waals surface area contributed by atoms with Crippen LogP contribution in [-0.4, -0.2) is 42.8 Å². The average molecular weight is 473 g/mol. The van der Waals surface area contributed by atoms with Crippen molar-refractivity contribution in [1.29, 1.82) is 0 Å². The zero-order valence-corrected chi connectivity index (χ0v) is 19.8. The van der Waals surface area contributed by atoms with Gasteiger partial charge >= 0.3 is 0 Å². The van der Waals surface area contributed by atoms with E-state index in [2.05, 4.69) is 15.0 Å². The molecule has 9 nitrogen and oxygen atoms in total. The molecular weight excluding hydrogens is 444 g/mol. The van der Waals surface area contributed by atoms with Gasteiger partial charge in [0, 0.05) is 30.7 Å². The minimum absolute atomic E-state index is 0.00568. The molecule has 0 saturated heterocycles. The maximum Gasteiger partial charge on any atom is 0.241 e. The molecule has 2 aromatic carbocycles. The van der Waals surface area contributed by atoms with Crippen LogP contribution in [0.4, 0.5) is 5.69 Å². The number of amides is 1. The third-order valence-electron chi connectivity index (χ3n) is 4.69. The van der Waals surface area contributed by atoms with E-state index >= 15 is 0 Å². The SMILES string of the molecule is COc1ccccc1C(NC(=O)CS(=O)(=O)Nc1ccc(OC(C)C)cc1)c1nccn1C. The van der Waals surface area contributed by atoms with E-state index < -0.39 is 27.7 Å². The Morgan fingerprint density at radius 1 is 1.12 bits per heavy atom. The van der Waals surface area contributed by atoms with Crippen LogP contribution in [0.5, 0.6) is 11.5 Å². The van der Waals surface area contributed by atoms with E-state index in [0.717, 1.165) is 0 Å². The standard InChI is InChI=1S/C23H28N4O5S/c1-16(2)32-18-11-9-17(10-12-18)26-33(29,30)15-21(28)25-22(23-24-13-14-27(23)3)19-7-5-6-8-20(19)31-4/h5-14,16,22,26H,15H2,1-4H3,(H,25,28). The summed E-state index contributed by atoms with van der Waals surface area (Å²) in [4.78, 5) is 17.1. The van der Waals surface area contributed by atoms with Crippen LogP contribution in [-0.2, 0) is 21.9 Å². The normalized spacial score (nSPS) is 12.3. The Morgan fingerprint density at radius 3 is 2.42 bits per heavy atom. The molecule has 0 bridgehead atoms. The van der Waals surface area contributed by atoms with E-state index in [4.69, 9.17) is 9.47 Å². The monoisotopic (exact) mass is 472 g/mol. The van der Waals surface area contributed by atoms with Gasteiger partial charge in [0.25, 0.3) is 0 Å².